The van der Waals surface area contributed by atoms with E-state index in [-0.39, 0.29) is 5.56 Å². The Morgan fingerprint density at radius 2 is 2.16 bits per heavy atom. The largest absolute Gasteiger partial charge is 0.493 e. The SMILES string of the molecule is CCCOc1ccc(N2CCOCC2)cc1C(=O)O. The molecule has 19 heavy (non-hydrogen) atoms. The fourth-order valence-corrected chi connectivity index (χ4v) is 2.04. The summed E-state index contributed by atoms with van der Waals surface area (Å²) in [5, 5.41) is 9.26. The number of benzene rings is 1. The molecule has 1 aliphatic rings. The molecule has 104 valence electrons. The van der Waals surface area contributed by atoms with Crippen LogP contribution in [0.1, 0.15) is 23.7 Å². The topological polar surface area (TPSA) is 59.0 Å². The molecule has 1 heterocycles. The smallest absolute Gasteiger partial charge is 0.339 e. The van der Waals surface area contributed by atoms with E-state index in [4.69, 9.17) is 9.47 Å². The van der Waals surface area contributed by atoms with Gasteiger partial charge in [-0.15, -0.1) is 0 Å². The lowest BCUT2D eigenvalue weighted by Gasteiger charge is -2.29. The molecule has 0 unspecified atom stereocenters. The number of carbonyl (C=O) groups is 1. The molecule has 1 aromatic carbocycles. The summed E-state index contributed by atoms with van der Waals surface area (Å²) in [4.78, 5) is 13.4. The minimum Gasteiger partial charge on any atom is -0.493 e. The lowest BCUT2D eigenvalue weighted by Crippen LogP contribution is -2.36. The molecule has 5 nitrogen and oxygen atoms in total. The number of nitrogens with zero attached hydrogens (tertiary/aromatic N) is 1. The Kier molecular flexibility index (Phi) is 4.63. The second-order valence-electron chi connectivity index (χ2n) is 4.43. The fourth-order valence-electron chi connectivity index (χ4n) is 2.04. The maximum absolute atomic E-state index is 11.3. The van der Waals surface area contributed by atoms with E-state index in [0.29, 0.717) is 25.6 Å². The number of hydrogen-bond acceptors (Lipinski definition) is 4. The van der Waals surface area contributed by atoms with Crippen molar-refractivity contribution >= 4 is 11.7 Å². The molecular weight excluding hydrogens is 246 g/mol. The summed E-state index contributed by atoms with van der Waals surface area (Å²) in [7, 11) is 0. The minimum atomic E-state index is -0.957. The van der Waals surface area contributed by atoms with Crippen LogP contribution in [0.5, 0.6) is 5.75 Å². The molecule has 0 aliphatic carbocycles. The highest BCUT2D eigenvalue weighted by atomic mass is 16.5. The van der Waals surface area contributed by atoms with Gasteiger partial charge < -0.3 is 19.5 Å². The van der Waals surface area contributed by atoms with Gasteiger partial charge in [-0.25, -0.2) is 4.79 Å². The second-order valence-corrected chi connectivity index (χ2v) is 4.43. The monoisotopic (exact) mass is 265 g/mol. The van der Waals surface area contributed by atoms with Gasteiger partial charge in [0.15, 0.2) is 0 Å². The second kappa shape index (κ2) is 6.43. The Balaban J connectivity index is 2.22. The third kappa shape index (κ3) is 3.38. The maximum atomic E-state index is 11.3. The first-order valence-electron chi connectivity index (χ1n) is 6.55. The van der Waals surface area contributed by atoms with Crippen LogP contribution in [-0.2, 0) is 4.74 Å². The molecular formula is C14H19NO4. The molecule has 0 bridgehead atoms. The van der Waals surface area contributed by atoms with Crippen LogP contribution in [-0.4, -0.2) is 44.0 Å². The number of ether oxygens (including phenoxy) is 2. The van der Waals surface area contributed by atoms with Crippen molar-refractivity contribution in [1.82, 2.24) is 0 Å². The van der Waals surface area contributed by atoms with Crippen LogP contribution in [0.3, 0.4) is 0 Å². The van der Waals surface area contributed by atoms with Crippen molar-refractivity contribution in [1.29, 1.82) is 0 Å². The average Bonchev–Trinajstić information content (AvgIpc) is 2.45. The van der Waals surface area contributed by atoms with Crippen LogP contribution in [0.4, 0.5) is 5.69 Å². The number of carboxylic acids is 1. The Morgan fingerprint density at radius 1 is 1.42 bits per heavy atom. The Morgan fingerprint density at radius 3 is 2.79 bits per heavy atom. The van der Waals surface area contributed by atoms with Gasteiger partial charge in [-0.2, -0.15) is 0 Å². The van der Waals surface area contributed by atoms with Gasteiger partial charge in [0, 0.05) is 18.8 Å². The highest BCUT2D eigenvalue weighted by molar-refractivity contribution is 5.92. The summed E-state index contributed by atoms with van der Waals surface area (Å²) in [6.45, 7) is 5.44. The number of aromatic carboxylic acids is 1. The molecule has 1 aliphatic heterocycles. The van der Waals surface area contributed by atoms with Gasteiger partial charge in [0.05, 0.1) is 19.8 Å². The molecule has 0 spiro atoms. The Labute approximate surface area is 112 Å². The predicted octanol–water partition coefficient (Wildman–Crippen LogP) is 2.01. The quantitative estimate of drug-likeness (QED) is 0.882. The molecule has 0 amide bonds. The molecule has 5 heteroatoms. The van der Waals surface area contributed by atoms with Crippen molar-refractivity contribution in [3.05, 3.63) is 23.8 Å². The van der Waals surface area contributed by atoms with E-state index < -0.39 is 5.97 Å². The van der Waals surface area contributed by atoms with E-state index in [1.165, 1.54) is 0 Å². The van der Waals surface area contributed by atoms with Gasteiger partial charge in [0.2, 0.25) is 0 Å². The summed E-state index contributed by atoms with van der Waals surface area (Å²) in [6.07, 6.45) is 0.851. The molecule has 0 aromatic heterocycles. The van der Waals surface area contributed by atoms with E-state index in [0.717, 1.165) is 25.2 Å². The molecule has 0 saturated carbocycles. The van der Waals surface area contributed by atoms with Gasteiger partial charge >= 0.3 is 5.97 Å². The van der Waals surface area contributed by atoms with Crippen molar-refractivity contribution in [3.63, 3.8) is 0 Å². The van der Waals surface area contributed by atoms with E-state index in [1.807, 2.05) is 13.0 Å². The van der Waals surface area contributed by atoms with E-state index in [2.05, 4.69) is 4.90 Å². The van der Waals surface area contributed by atoms with E-state index >= 15 is 0 Å². The van der Waals surface area contributed by atoms with Gasteiger partial charge in [-0.3, -0.25) is 0 Å². The van der Waals surface area contributed by atoms with Crippen LogP contribution < -0.4 is 9.64 Å². The third-order valence-electron chi connectivity index (χ3n) is 3.03. The minimum absolute atomic E-state index is 0.220. The van der Waals surface area contributed by atoms with Gasteiger partial charge in [-0.1, -0.05) is 6.92 Å². The van der Waals surface area contributed by atoms with Crippen LogP contribution in [0.2, 0.25) is 0 Å². The number of anilines is 1. The third-order valence-corrected chi connectivity index (χ3v) is 3.03. The fraction of sp³-hybridized carbons (Fsp3) is 0.500. The number of rotatable bonds is 5. The molecule has 1 aromatic rings. The lowest BCUT2D eigenvalue weighted by atomic mass is 10.1. The van der Waals surface area contributed by atoms with Crippen molar-refractivity contribution in [2.45, 2.75) is 13.3 Å². The van der Waals surface area contributed by atoms with E-state index in [1.54, 1.807) is 12.1 Å². The molecule has 1 fully saturated rings. The number of morpholine rings is 1. The van der Waals surface area contributed by atoms with Crippen molar-refractivity contribution < 1.29 is 19.4 Å². The molecule has 2 rings (SSSR count). The summed E-state index contributed by atoms with van der Waals surface area (Å²) in [6, 6.07) is 5.32. The zero-order valence-electron chi connectivity index (χ0n) is 11.1. The van der Waals surface area contributed by atoms with Crippen molar-refractivity contribution in [3.8, 4) is 5.75 Å². The van der Waals surface area contributed by atoms with Crippen molar-refractivity contribution in [2.24, 2.45) is 0 Å². The lowest BCUT2D eigenvalue weighted by molar-refractivity contribution is 0.0692. The van der Waals surface area contributed by atoms with Crippen molar-refractivity contribution in [2.75, 3.05) is 37.8 Å². The standard InChI is InChI=1S/C14H19NO4/c1-2-7-19-13-4-3-11(10-12(13)14(16)17)15-5-8-18-9-6-15/h3-4,10H,2,5-9H2,1H3,(H,16,17). The summed E-state index contributed by atoms with van der Waals surface area (Å²) >= 11 is 0. The summed E-state index contributed by atoms with van der Waals surface area (Å²) in [5.74, 6) is -0.521. The molecule has 1 N–H and O–H groups in total. The first-order valence-corrected chi connectivity index (χ1v) is 6.55. The van der Waals surface area contributed by atoms with E-state index in [9.17, 15) is 9.90 Å². The predicted molar refractivity (Wildman–Crippen MR) is 72.2 cm³/mol. The molecule has 0 atom stereocenters. The summed E-state index contributed by atoms with van der Waals surface area (Å²) < 4.78 is 10.8. The average molecular weight is 265 g/mol. The Bertz CT molecular complexity index is 441. The molecule has 1 saturated heterocycles. The molecule has 0 radical (unpaired) electrons. The van der Waals surface area contributed by atoms with Gasteiger partial charge in [-0.05, 0) is 24.6 Å². The van der Waals surface area contributed by atoms with Crippen LogP contribution >= 0.6 is 0 Å². The first-order chi connectivity index (χ1) is 9.22. The Hall–Kier alpha value is -1.75. The normalized spacial score (nSPS) is 15.3. The van der Waals surface area contributed by atoms with Crippen LogP contribution in [0.15, 0.2) is 18.2 Å². The highest BCUT2D eigenvalue weighted by Gasteiger charge is 2.16. The number of carboxylic acid groups (broad SMARTS) is 1. The van der Waals surface area contributed by atoms with Gasteiger partial charge in [0.25, 0.3) is 0 Å². The first kappa shape index (κ1) is 13.7. The summed E-state index contributed by atoms with van der Waals surface area (Å²) in [5.41, 5.74) is 1.13. The van der Waals surface area contributed by atoms with Gasteiger partial charge in [0.1, 0.15) is 11.3 Å². The maximum Gasteiger partial charge on any atom is 0.339 e. The zero-order chi connectivity index (χ0) is 13.7. The highest BCUT2D eigenvalue weighted by Crippen LogP contribution is 2.26. The van der Waals surface area contributed by atoms with Crippen LogP contribution in [0, 0.1) is 0 Å². The zero-order valence-corrected chi connectivity index (χ0v) is 11.1. The van der Waals surface area contributed by atoms with Crippen LogP contribution in [0.25, 0.3) is 0 Å². The number of hydrogen-bond donors (Lipinski definition) is 1.